The Hall–Kier alpha value is -3.92. The van der Waals surface area contributed by atoms with Gasteiger partial charge in [0.05, 0.1) is 15.5 Å². The highest BCUT2D eigenvalue weighted by molar-refractivity contribution is 7.92. The van der Waals surface area contributed by atoms with E-state index in [9.17, 15) is 23.3 Å². The first kappa shape index (κ1) is 22.8. The van der Waals surface area contributed by atoms with E-state index in [2.05, 4.69) is 5.32 Å². The normalized spacial score (nSPS) is 10.9. The first-order valence-corrected chi connectivity index (χ1v) is 11.1. The topological polar surface area (TPSA) is 119 Å². The lowest BCUT2D eigenvalue weighted by molar-refractivity contribution is -0.384. The number of carbonyl (C=O) groups is 1. The Kier molecular flexibility index (Phi) is 7.06. The van der Waals surface area contributed by atoms with Crippen molar-refractivity contribution in [3.63, 3.8) is 0 Å². The van der Waals surface area contributed by atoms with E-state index in [0.717, 1.165) is 0 Å². The second-order valence-electron chi connectivity index (χ2n) is 6.62. The summed E-state index contributed by atoms with van der Waals surface area (Å²) in [5, 5.41) is 13.3. The quantitative estimate of drug-likeness (QED) is 0.387. The predicted molar refractivity (Wildman–Crippen MR) is 120 cm³/mol. The van der Waals surface area contributed by atoms with Gasteiger partial charge in [-0.05, 0) is 49.4 Å². The van der Waals surface area contributed by atoms with Gasteiger partial charge in [0.25, 0.3) is 21.6 Å². The van der Waals surface area contributed by atoms with Gasteiger partial charge < -0.3 is 10.1 Å². The largest absolute Gasteiger partial charge is 0.484 e. The maximum absolute atomic E-state index is 13.0. The van der Waals surface area contributed by atoms with Gasteiger partial charge in [0, 0.05) is 24.4 Å². The van der Waals surface area contributed by atoms with Crippen molar-refractivity contribution in [3.05, 3.63) is 89.0 Å². The fourth-order valence-corrected chi connectivity index (χ4v) is 4.44. The lowest BCUT2D eigenvalue weighted by Crippen LogP contribution is -2.30. The van der Waals surface area contributed by atoms with Gasteiger partial charge >= 0.3 is 0 Å². The summed E-state index contributed by atoms with van der Waals surface area (Å²) in [5.41, 5.74) is 0.695. The molecule has 3 aromatic rings. The van der Waals surface area contributed by atoms with Crippen LogP contribution in [-0.2, 0) is 14.8 Å². The highest BCUT2D eigenvalue weighted by atomic mass is 32.2. The van der Waals surface area contributed by atoms with Crippen molar-refractivity contribution in [3.8, 4) is 5.75 Å². The van der Waals surface area contributed by atoms with Crippen LogP contribution in [0.15, 0.2) is 83.8 Å². The maximum Gasteiger partial charge on any atom is 0.271 e. The fraction of sp³-hybridized carbons (Fsp3) is 0.136. The van der Waals surface area contributed by atoms with E-state index < -0.39 is 20.9 Å². The van der Waals surface area contributed by atoms with Crippen molar-refractivity contribution in [2.75, 3.05) is 22.8 Å². The highest BCUT2D eigenvalue weighted by Gasteiger charge is 2.23. The van der Waals surface area contributed by atoms with Crippen molar-refractivity contribution in [1.29, 1.82) is 0 Å². The molecule has 1 amide bonds. The molecule has 3 rings (SSSR count). The minimum atomic E-state index is -3.76. The van der Waals surface area contributed by atoms with Gasteiger partial charge in [0.1, 0.15) is 5.75 Å². The molecule has 0 saturated carbocycles. The molecule has 3 aromatic carbocycles. The summed E-state index contributed by atoms with van der Waals surface area (Å²) in [4.78, 5) is 22.4. The Morgan fingerprint density at radius 2 is 1.72 bits per heavy atom. The minimum Gasteiger partial charge on any atom is -0.484 e. The van der Waals surface area contributed by atoms with Crippen LogP contribution in [0.5, 0.6) is 5.75 Å². The highest BCUT2D eigenvalue weighted by Crippen LogP contribution is 2.25. The zero-order chi connectivity index (χ0) is 23.1. The first-order chi connectivity index (χ1) is 15.3. The van der Waals surface area contributed by atoms with E-state index in [0.29, 0.717) is 11.4 Å². The Labute approximate surface area is 185 Å². The van der Waals surface area contributed by atoms with Crippen LogP contribution in [0.1, 0.15) is 6.92 Å². The third-order valence-corrected chi connectivity index (χ3v) is 6.37. The van der Waals surface area contributed by atoms with Gasteiger partial charge in [-0.15, -0.1) is 0 Å². The molecule has 0 aromatic heterocycles. The Morgan fingerprint density at radius 3 is 2.34 bits per heavy atom. The number of nitrogens with one attached hydrogen (secondary N) is 1. The van der Waals surface area contributed by atoms with Crippen LogP contribution in [0.25, 0.3) is 0 Å². The Bertz CT molecular complexity index is 1200. The number of amides is 1. The number of carbonyl (C=O) groups excluding carboxylic acids is 1. The molecule has 0 aliphatic heterocycles. The zero-order valence-corrected chi connectivity index (χ0v) is 18.0. The standard InChI is InChI=1S/C22H21N3O6S/c1-2-24(18-8-4-3-5-9-18)32(29,30)21-13-11-20(12-14-21)31-16-22(26)23-17-7-6-10-19(15-17)25(27)28/h3-15H,2,16H2,1H3,(H,23,26). The molecular weight excluding hydrogens is 434 g/mol. The number of nitro benzene ring substituents is 1. The average molecular weight is 455 g/mol. The van der Waals surface area contributed by atoms with Gasteiger partial charge in [0.15, 0.2) is 6.61 Å². The van der Waals surface area contributed by atoms with Crippen LogP contribution in [0.4, 0.5) is 17.1 Å². The van der Waals surface area contributed by atoms with Crippen molar-refractivity contribution in [2.24, 2.45) is 0 Å². The number of para-hydroxylation sites is 1. The Balaban J connectivity index is 1.63. The third-order valence-electron chi connectivity index (χ3n) is 4.45. The van der Waals surface area contributed by atoms with Crippen LogP contribution in [0, 0.1) is 10.1 Å². The van der Waals surface area contributed by atoms with Crippen LogP contribution >= 0.6 is 0 Å². The molecule has 0 bridgehead atoms. The van der Waals surface area contributed by atoms with Crippen molar-refractivity contribution in [2.45, 2.75) is 11.8 Å². The molecule has 32 heavy (non-hydrogen) atoms. The summed E-state index contributed by atoms with van der Waals surface area (Å²) in [5.74, 6) is -0.204. The first-order valence-electron chi connectivity index (χ1n) is 9.66. The summed E-state index contributed by atoms with van der Waals surface area (Å²) < 4.78 is 32.7. The summed E-state index contributed by atoms with van der Waals surface area (Å²) in [6.07, 6.45) is 0. The molecule has 0 radical (unpaired) electrons. The average Bonchev–Trinajstić information content (AvgIpc) is 2.79. The van der Waals surface area contributed by atoms with Gasteiger partial charge in [-0.2, -0.15) is 0 Å². The van der Waals surface area contributed by atoms with E-state index in [-0.39, 0.29) is 29.4 Å². The molecule has 0 aliphatic carbocycles. The second kappa shape index (κ2) is 9.92. The van der Waals surface area contributed by atoms with Crippen LogP contribution in [0.2, 0.25) is 0 Å². The molecule has 1 N–H and O–H groups in total. The monoisotopic (exact) mass is 455 g/mol. The lowest BCUT2D eigenvalue weighted by Gasteiger charge is -2.23. The zero-order valence-electron chi connectivity index (χ0n) is 17.2. The van der Waals surface area contributed by atoms with Crippen LogP contribution in [0.3, 0.4) is 0 Å². The number of sulfonamides is 1. The number of anilines is 2. The number of rotatable bonds is 9. The number of ether oxygens (including phenoxy) is 1. The van der Waals surface area contributed by atoms with Crippen molar-refractivity contribution in [1.82, 2.24) is 0 Å². The number of hydrogen-bond donors (Lipinski definition) is 1. The van der Waals surface area contributed by atoms with E-state index in [1.165, 1.54) is 52.8 Å². The van der Waals surface area contributed by atoms with Crippen LogP contribution in [-0.4, -0.2) is 32.4 Å². The second-order valence-corrected chi connectivity index (χ2v) is 8.48. The Morgan fingerprint density at radius 1 is 1.03 bits per heavy atom. The summed E-state index contributed by atoms with van der Waals surface area (Å²) >= 11 is 0. The van der Waals surface area contributed by atoms with Gasteiger partial charge in [-0.1, -0.05) is 24.3 Å². The number of hydrogen-bond acceptors (Lipinski definition) is 6. The molecule has 166 valence electrons. The lowest BCUT2D eigenvalue weighted by atomic mass is 10.3. The molecule has 10 heteroatoms. The van der Waals surface area contributed by atoms with E-state index >= 15 is 0 Å². The molecule has 0 saturated heterocycles. The van der Waals surface area contributed by atoms with Gasteiger partial charge in [0.2, 0.25) is 0 Å². The number of non-ortho nitro benzene ring substituents is 1. The van der Waals surface area contributed by atoms with Crippen LogP contribution < -0.4 is 14.4 Å². The third kappa shape index (κ3) is 5.41. The molecule has 0 fully saturated rings. The van der Waals surface area contributed by atoms with E-state index in [4.69, 9.17) is 4.74 Å². The molecule has 0 heterocycles. The van der Waals surface area contributed by atoms with Gasteiger partial charge in [-0.3, -0.25) is 19.2 Å². The predicted octanol–water partition coefficient (Wildman–Crippen LogP) is 3.83. The molecule has 0 unspecified atom stereocenters. The smallest absolute Gasteiger partial charge is 0.271 e. The molecule has 0 spiro atoms. The molecular formula is C22H21N3O6S. The molecule has 0 atom stereocenters. The fourth-order valence-electron chi connectivity index (χ4n) is 2.96. The summed E-state index contributed by atoms with van der Waals surface area (Å²) in [6, 6.07) is 20.1. The number of nitro groups is 1. The maximum atomic E-state index is 13.0. The van der Waals surface area contributed by atoms with Crippen molar-refractivity contribution >= 4 is 33.0 Å². The summed E-state index contributed by atoms with van der Waals surface area (Å²) in [6.45, 7) is 1.67. The van der Waals surface area contributed by atoms with E-state index in [1.54, 1.807) is 31.2 Å². The number of benzene rings is 3. The van der Waals surface area contributed by atoms with Crippen molar-refractivity contribution < 1.29 is 22.9 Å². The SMILES string of the molecule is CCN(c1ccccc1)S(=O)(=O)c1ccc(OCC(=O)Nc2cccc([N+](=O)[O-])c2)cc1. The van der Waals surface area contributed by atoms with Gasteiger partial charge in [-0.25, -0.2) is 8.42 Å². The minimum absolute atomic E-state index is 0.0941. The molecule has 9 nitrogen and oxygen atoms in total. The number of nitrogens with zero attached hydrogens (tertiary/aromatic N) is 2. The molecule has 0 aliphatic rings. The van der Waals surface area contributed by atoms with E-state index in [1.807, 2.05) is 6.07 Å². The summed E-state index contributed by atoms with van der Waals surface area (Å²) in [7, 11) is -3.76.